The molecular weight excluding hydrogens is 549 g/mol. The number of hydrogen-bond donors (Lipinski definition) is 3. The standard InChI is InChI=1S/C30H33Cl2N5O3/c31-23-6-3-7-24(32)22(23)12-13-25-28(33)35-17-27(37-25)18-8-10-19(11-9-18)29(38)36-20-14-15-34-26(16-20)30(39)40-21-4-1-2-5-21/h3,6-11,17,20-21,26,34H,1-2,4-5,12-16H2,(H2,33,35)(H,36,38)/t20?,26-/m1/s1. The molecule has 1 aliphatic heterocycles. The molecule has 0 bridgehead atoms. The summed E-state index contributed by atoms with van der Waals surface area (Å²) in [5.74, 6) is -0.0356. The Morgan fingerprint density at radius 1 is 1.02 bits per heavy atom. The Morgan fingerprint density at radius 2 is 1.75 bits per heavy atom. The summed E-state index contributed by atoms with van der Waals surface area (Å²) in [6.45, 7) is 0.648. The van der Waals surface area contributed by atoms with Gasteiger partial charge in [0.2, 0.25) is 0 Å². The number of halogens is 2. The molecule has 1 unspecified atom stereocenters. The molecule has 3 aromatic rings. The second-order valence-electron chi connectivity index (χ2n) is 10.4. The van der Waals surface area contributed by atoms with E-state index in [9.17, 15) is 9.59 Å². The van der Waals surface area contributed by atoms with Crippen LogP contribution in [0.25, 0.3) is 11.3 Å². The lowest BCUT2D eigenvalue weighted by Gasteiger charge is -2.30. The maximum absolute atomic E-state index is 13.0. The third-order valence-corrected chi connectivity index (χ3v) is 8.31. The number of esters is 1. The van der Waals surface area contributed by atoms with E-state index in [4.69, 9.17) is 38.7 Å². The molecule has 4 N–H and O–H groups in total. The predicted molar refractivity (Wildman–Crippen MR) is 156 cm³/mol. The highest BCUT2D eigenvalue weighted by atomic mass is 35.5. The Hall–Kier alpha value is -3.20. The molecule has 2 atom stereocenters. The zero-order valence-electron chi connectivity index (χ0n) is 22.2. The molecule has 1 amide bonds. The van der Waals surface area contributed by atoms with Crippen molar-refractivity contribution in [1.29, 1.82) is 0 Å². The Bertz CT molecular complexity index is 1340. The monoisotopic (exact) mass is 581 g/mol. The van der Waals surface area contributed by atoms with Gasteiger partial charge < -0.3 is 21.1 Å². The number of benzene rings is 2. The second kappa shape index (κ2) is 13.0. The maximum atomic E-state index is 13.0. The fourth-order valence-electron chi connectivity index (χ4n) is 5.32. The maximum Gasteiger partial charge on any atom is 0.323 e. The predicted octanol–water partition coefficient (Wildman–Crippen LogP) is 5.15. The number of nitrogens with zero attached hydrogens (tertiary/aromatic N) is 2. The van der Waals surface area contributed by atoms with E-state index in [1.54, 1.807) is 30.5 Å². The molecule has 0 spiro atoms. The first-order valence-corrected chi connectivity index (χ1v) is 14.5. The Balaban J connectivity index is 1.19. The van der Waals surface area contributed by atoms with E-state index in [1.807, 2.05) is 18.2 Å². The first-order valence-electron chi connectivity index (χ1n) is 13.8. The summed E-state index contributed by atoms with van der Waals surface area (Å²) < 4.78 is 5.66. The van der Waals surface area contributed by atoms with Gasteiger partial charge in [0, 0.05) is 27.2 Å². The van der Waals surface area contributed by atoms with E-state index in [2.05, 4.69) is 15.6 Å². The summed E-state index contributed by atoms with van der Waals surface area (Å²) in [5.41, 5.74) is 9.61. The largest absolute Gasteiger partial charge is 0.461 e. The van der Waals surface area contributed by atoms with Crippen molar-refractivity contribution in [3.05, 3.63) is 75.5 Å². The number of nitrogens with one attached hydrogen (secondary N) is 2. The number of piperidine rings is 1. The molecule has 1 aromatic heterocycles. The van der Waals surface area contributed by atoms with Crippen LogP contribution in [0.1, 0.15) is 60.1 Å². The minimum absolute atomic E-state index is 0.0328. The highest BCUT2D eigenvalue weighted by Crippen LogP contribution is 2.27. The van der Waals surface area contributed by atoms with Crippen molar-refractivity contribution in [2.45, 2.75) is 69.6 Å². The van der Waals surface area contributed by atoms with Crippen LogP contribution in [0.15, 0.2) is 48.7 Å². The van der Waals surface area contributed by atoms with Crippen LogP contribution < -0.4 is 16.4 Å². The highest BCUT2D eigenvalue weighted by molar-refractivity contribution is 6.36. The third-order valence-electron chi connectivity index (χ3n) is 7.60. The third kappa shape index (κ3) is 6.92. The first-order chi connectivity index (χ1) is 19.4. The van der Waals surface area contributed by atoms with Crippen LogP contribution in [-0.2, 0) is 22.4 Å². The van der Waals surface area contributed by atoms with Gasteiger partial charge in [0.05, 0.1) is 17.6 Å². The van der Waals surface area contributed by atoms with Crippen LogP contribution in [0.4, 0.5) is 5.82 Å². The number of amides is 1. The number of carbonyl (C=O) groups excluding carboxylic acids is 2. The lowest BCUT2D eigenvalue weighted by molar-refractivity contribution is -0.152. The Labute approximate surface area is 244 Å². The lowest BCUT2D eigenvalue weighted by Crippen LogP contribution is -2.51. The number of anilines is 1. The molecule has 1 saturated carbocycles. The van der Waals surface area contributed by atoms with Crippen molar-refractivity contribution < 1.29 is 14.3 Å². The average Bonchev–Trinajstić information content (AvgIpc) is 3.47. The molecule has 2 fully saturated rings. The van der Waals surface area contributed by atoms with E-state index >= 15 is 0 Å². The van der Waals surface area contributed by atoms with Crippen molar-refractivity contribution in [1.82, 2.24) is 20.6 Å². The van der Waals surface area contributed by atoms with Gasteiger partial charge in [-0.05, 0) is 87.7 Å². The van der Waals surface area contributed by atoms with E-state index in [1.165, 1.54) is 0 Å². The molecule has 5 rings (SSSR count). The van der Waals surface area contributed by atoms with Gasteiger partial charge in [-0.25, -0.2) is 9.97 Å². The summed E-state index contributed by atoms with van der Waals surface area (Å²) >= 11 is 12.6. The quantitative estimate of drug-likeness (QED) is 0.314. The van der Waals surface area contributed by atoms with Gasteiger partial charge in [-0.15, -0.1) is 0 Å². The van der Waals surface area contributed by atoms with E-state index in [0.29, 0.717) is 58.6 Å². The zero-order valence-corrected chi connectivity index (χ0v) is 23.7. The fraction of sp³-hybridized carbons (Fsp3) is 0.400. The average molecular weight is 583 g/mol. The lowest BCUT2D eigenvalue weighted by atomic mass is 9.98. The Kier molecular flexibility index (Phi) is 9.19. The van der Waals surface area contributed by atoms with Gasteiger partial charge in [-0.2, -0.15) is 0 Å². The number of nitrogens with two attached hydrogens (primary N) is 1. The highest BCUT2D eigenvalue weighted by Gasteiger charge is 2.31. The van der Waals surface area contributed by atoms with Crippen molar-refractivity contribution >= 4 is 40.9 Å². The van der Waals surface area contributed by atoms with E-state index in [0.717, 1.165) is 43.2 Å². The second-order valence-corrected chi connectivity index (χ2v) is 11.2. The normalized spacial score (nSPS) is 19.4. The van der Waals surface area contributed by atoms with Gasteiger partial charge in [0.25, 0.3) is 5.91 Å². The minimum atomic E-state index is -0.394. The molecule has 0 radical (unpaired) electrons. The van der Waals surface area contributed by atoms with Gasteiger partial charge >= 0.3 is 5.97 Å². The van der Waals surface area contributed by atoms with Crippen LogP contribution >= 0.6 is 23.2 Å². The summed E-state index contributed by atoms with van der Waals surface area (Å²) in [6, 6.07) is 12.1. The minimum Gasteiger partial charge on any atom is -0.461 e. The molecule has 2 aliphatic rings. The molecule has 1 aliphatic carbocycles. The van der Waals surface area contributed by atoms with Crippen LogP contribution in [0.5, 0.6) is 0 Å². The van der Waals surface area contributed by atoms with Crippen LogP contribution in [0, 0.1) is 0 Å². The number of aromatic nitrogens is 2. The molecule has 40 heavy (non-hydrogen) atoms. The van der Waals surface area contributed by atoms with Crippen molar-refractivity contribution in [3.63, 3.8) is 0 Å². The number of carbonyl (C=O) groups is 2. The van der Waals surface area contributed by atoms with Crippen LogP contribution in [0.2, 0.25) is 10.0 Å². The molecule has 8 nitrogen and oxygen atoms in total. The summed E-state index contributed by atoms with van der Waals surface area (Å²) in [6.07, 6.45) is 8.12. The molecule has 1 saturated heterocycles. The molecule has 10 heteroatoms. The SMILES string of the molecule is Nc1ncc(-c2ccc(C(=O)NC3CCN[C@@H](C(=O)OC4CCCC4)C3)cc2)nc1CCc1c(Cl)cccc1Cl. The topological polar surface area (TPSA) is 119 Å². The van der Waals surface area contributed by atoms with Crippen molar-refractivity contribution in [2.75, 3.05) is 12.3 Å². The van der Waals surface area contributed by atoms with Gasteiger partial charge in [0.15, 0.2) is 0 Å². The zero-order chi connectivity index (χ0) is 28.1. The van der Waals surface area contributed by atoms with Gasteiger partial charge in [-0.3, -0.25) is 9.59 Å². The summed E-state index contributed by atoms with van der Waals surface area (Å²) in [7, 11) is 0. The number of rotatable bonds is 8. The van der Waals surface area contributed by atoms with Gasteiger partial charge in [-0.1, -0.05) is 41.4 Å². The number of hydrogen-bond acceptors (Lipinski definition) is 7. The molecule has 2 aromatic carbocycles. The van der Waals surface area contributed by atoms with Crippen molar-refractivity contribution in [2.24, 2.45) is 0 Å². The number of aryl methyl sites for hydroxylation is 1. The Morgan fingerprint density at radius 3 is 2.48 bits per heavy atom. The van der Waals surface area contributed by atoms with Crippen molar-refractivity contribution in [3.8, 4) is 11.3 Å². The molecule has 210 valence electrons. The smallest absolute Gasteiger partial charge is 0.323 e. The summed E-state index contributed by atoms with van der Waals surface area (Å²) in [4.78, 5) is 34.6. The van der Waals surface area contributed by atoms with E-state index in [-0.39, 0.29) is 24.0 Å². The van der Waals surface area contributed by atoms with E-state index < -0.39 is 6.04 Å². The van der Waals surface area contributed by atoms with Crippen LogP contribution in [-0.4, -0.2) is 46.6 Å². The molecule has 2 heterocycles. The summed E-state index contributed by atoms with van der Waals surface area (Å²) in [5, 5.41) is 7.52. The number of ether oxygens (including phenoxy) is 1. The number of nitrogen functional groups attached to an aromatic ring is 1. The molecular formula is C30H33Cl2N5O3. The fourth-order valence-corrected chi connectivity index (χ4v) is 5.90. The van der Waals surface area contributed by atoms with Gasteiger partial charge in [0.1, 0.15) is 18.0 Å². The van der Waals surface area contributed by atoms with Crippen LogP contribution in [0.3, 0.4) is 0 Å². The first kappa shape index (κ1) is 28.3.